The van der Waals surface area contributed by atoms with E-state index in [2.05, 4.69) is 25.5 Å². The lowest BCUT2D eigenvalue weighted by molar-refractivity contribution is -0.138. The van der Waals surface area contributed by atoms with Crippen molar-refractivity contribution in [2.75, 3.05) is 32.8 Å². The second-order valence-corrected chi connectivity index (χ2v) is 8.78. The average Bonchev–Trinajstić information content (AvgIpc) is 3.50. The Hall–Kier alpha value is -4.81. The molecule has 1 unspecified atom stereocenters. The first-order chi connectivity index (χ1) is 18.9. The minimum atomic E-state index is -1.10. The van der Waals surface area contributed by atoms with E-state index in [9.17, 15) is 24.3 Å². The molecule has 204 valence electrons. The lowest BCUT2D eigenvalue weighted by Gasteiger charge is -2.35. The number of carboxylic acids is 1. The number of piperazine rings is 1. The summed E-state index contributed by atoms with van der Waals surface area (Å²) in [4.78, 5) is 62.0. The molecule has 3 N–H and O–H groups in total. The summed E-state index contributed by atoms with van der Waals surface area (Å²) in [6.07, 6.45) is 2.32. The van der Waals surface area contributed by atoms with Crippen molar-refractivity contribution in [1.29, 1.82) is 0 Å². The van der Waals surface area contributed by atoms with Crippen molar-refractivity contribution >= 4 is 23.9 Å². The Bertz CT molecular complexity index is 1310. The molecule has 1 aliphatic rings. The number of carbonyl (C=O) groups excluding carboxylic acids is 3. The molecule has 1 atom stereocenters. The van der Waals surface area contributed by atoms with Crippen LogP contribution in [0.5, 0.6) is 0 Å². The van der Waals surface area contributed by atoms with Gasteiger partial charge in [0.15, 0.2) is 5.82 Å². The Morgan fingerprint density at radius 1 is 1.05 bits per heavy atom. The fraction of sp³-hybridized carbons (Fsp3) is 0.346. The second kappa shape index (κ2) is 12.6. The standard InChI is InChI=1S/C26H29N7O6/c1-2-39-26(38)33-12-10-32(11-13-33)25(37)19(8-9-22(34)35)31-24(36)21-14-20(18-15-27-28-16-18)29-23(30-21)17-6-4-3-5-7-17/h3-7,14-16,19H,2,8-13H2,1H3,(H,27,28)(H,31,36)(H,34,35). The Kier molecular flexibility index (Phi) is 8.82. The van der Waals surface area contributed by atoms with Crippen LogP contribution in [0.2, 0.25) is 0 Å². The first kappa shape index (κ1) is 27.2. The van der Waals surface area contributed by atoms with Crippen LogP contribution in [-0.4, -0.2) is 97.8 Å². The molecule has 3 aromatic rings. The highest BCUT2D eigenvalue weighted by atomic mass is 16.6. The predicted molar refractivity (Wildman–Crippen MR) is 138 cm³/mol. The number of aromatic nitrogens is 4. The number of hydrogen-bond acceptors (Lipinski definition) is 8. The molecule has 13 nitrogen and oxygen atoms in total. The fourth-order valence-electron chi connectivity index (χ4n) is 4.12. The number of ether oxygens (including phenoxy) is 1. The number of amides is 3. The molecule has 0 aliphatic carbocycles. The van der Waals surface area contributed by atoms with Gasteiger partial charge >= 0.3 is 12.1 Å². The van der Waals surface area contributed by atoms with Crippen molar-refractivity contribution in [3.05, 3.63) is 54.5 Å². The van der Waals surface area contributed by atoms with Crippen molar-refractivity contribution in [2.24, 2.45) is 0 Å². The lowest BCUT2D eigenvalue weighted by atomic mass is 10.1. The Morgan fingerprint density at radius 3 is 2.41 bits per heavy atom. The summed E-state index contributed by atoms with van der Waals surface area (Å²) in [6.45, 7) is 2.96. The lowest BCUT2D eigenvalue weighted by Crippen LogP contribution is -2.56. The van der Waals surface area contributed by atoms with Crippen LogP contribution in [0.15, 0.2) is 48.8 Å². The van der Waals surface area contributed by atoms with Crippen LogP contribution in [0.25, 0.3) is 22.6 Å². The summed E-state index contributed by atoms with van der Waals surface area (Å²) in [5, 5.41) is 18.6. The number of H-pyrrole nitrogens is 1. The number of nitrogens with one attached hydrogen (secondary N) is 2. The van der Waals surface area contributed by atoms with Gasteiger partial charge in [0, 0.05) is 49.9 Å². The maximum atomic E-state index is 13.4. The van der Waals surface area contributed by atoms with Crippen LogP contribution < -0.4 is 5.32 Å². The van der Waals surface area contributed by atoms with Crippen LogP contribution in [0.1, 0.15) is 30.3 Å². The van der Waals surface area contributed by atoms with Gasteiger partial charge in [-0.2, -0.15) is 5.10 Å². The van der Waals surface area contributed by atoms with Crippen LogP contribution in [0, 0.1) is 0 Å². The van der Waals surface area contributed by atoms with Gasteiger partial charge in [-0.05, 0) is 19.4 Å². The first-order valence-corrected chi connectivity index (χ1v) is 12.5. The first-order valence-electron chi connectivity index (χ1n) is 12.5. The molecule has 4 rings (SSSR count). The summed E-state index contributed by atoms with van der Waals surface area (Å²) in [7, 11) is 0. The summed E-state index contributed by atoms with van der Waals surface area (Å²) in [5.41, 5.74) is 1.79. The normalized spacial score (nSPS) is 14.0. The molecule has 1 aromatic carbocycles. The van der Waals surface area contributed by atoms with Crippen LogP contribution in [-0.2, 0) is 14.3 Å². The van der Waals surface area contributed by atoms with Crippen molar-refractivity contribution in [2.45, 2.75) is 25.8 Å². The average molecular weight is 536 g/mol. The van der Waals surface area contributed by atoms with E-state index >= 15 is 0 Å². The molecule has 0 radical (unpaired) electrons. The van der Waals surface area contributed by atoms with Gasteiger partial charge in [0.2, 0.25) is 5.91 Å². The van der Waals surface area contributed by atoms with Crippen LogP contribution >= 0.6 is 0 Å². The van der Waals surface area contributed by atoms with E-state index in [1.54, 1.807) is 19.3 Å². The molecular weight excluding hydrogens is 506 g/mol. The fourth-order valence-corrected chi connectivity index (χ4v) is 4.12. The Morgan fingerprint density at radius 2 is 1.77 bits per heavy atom. The van der Waals surface area contributed by atoms with E-state index in [4.69, 9.17) is 4.74 Å². The number of nitrogens with zero attached hydrogens (tertiary/aromatic N) is 5. The minimum absolute atomic E-state index is 0.0142. The predicted octanol–water partition coefficient (Wildman–Crippen LogP) is 1.80. The van der Waals surface area contributed by atoms with Gasteiger partial charge in [0.1, 0.15) is 11.7 Å². The largest absolute Gasteiger partial charge is 0.481 e. The molecule has 1 saturated heterocycles. The third-order valence-corrected chi connectivity index (χ3v) is 6.15. The van der Waals surface area contributed by atoms with E-state index in [1.807, 2.05) is 30.3 Å². The van der Waals surface area contributed by atoms with E-state index in [0.717, 1.165) is 0 Å². The summed E-state index contributed by atoms with van der Waals surface area (Å²) in [5.74, 6) is -1.86. The summed E-state index contributed by atoms with van der Waals surface area (Å²) < 4.78 is 5.01. The van der Waals surface area contributed by atoms with Gasteiger partial charge in [-0.15, -0.1) is 0 Å². The van der Waals surface area contributed by atoms with Gasteiger partial charge < -0.3 is 25.0 Å². The van der Waals surface area contributed by atoms with E-state index in [0.29, 0.717) is 22.6 Å². The molecular formula is C26H29N7O6. The summed E-state index contributed by atoms with van der Waals surface area (Å²) >= 11 is 0. The highest BCUT2D eigenvalue weighted by molar-refractivity contribution is 5.97. The van der Waals surface area contributed by atoms with Gasteiger partial charge in [0.25, 0.3) is 5.91 Å². The second-order valence-electron chi connectivity index (χ2n) is 8.78. The highest BCUT2D eigenvalue weighted by Crippen LogP contribution is 2.22. The van der Waals surface area contributed by atoms with Crippen molar-refractivity contribution in [3.8, 4) is 22.6 Å². The number of hydrogen-bond donors (Lipinski definition) is 3. The maximum Gasteiger partial charge on any atom is 0.409 e. The summed E-state index contributed by atoms with van der Waals surface area (Å²) in [6, 6.07) is 9.51. The van der Waals surface area contributed by atoms with Gasteiger partial charge in [-0.25, -0.2) is 14.8 Å². The Labute approximate surface area is 224 Å². The molecule has 1 fully saturated rings. The topological polar surface area (TPSA) is 171 Å². The maximum absolute atomic E-state index is 13.4. The van der Waals surface area contributed by atoms with Crippen molar-refractivity contribution < 1.29 is 29.0 Å². The van der Waals surface area contributed by atoms with Gasteiger partial charge in [-0.3, -0.25) is 19.5 Å². The zero-order valence-electron chi connectivity index (χ0n) is 21.4. The number of carboxylic acid groups (broad SMARTS) is 1. The number of aromatic amines is 1. The van der Waals surface area contributed by atoms with E-state index in [-0.39, 0.29) is 51.3 Å². The molecule has 39 heavy (non-hydrogen) atoms. The van der Waals surface area contributed by atoms with Gasteiger partial charge in [-0.1, -0.05) is 30.3 Å². The Balaban J connectivity index is 1.55. The molecule has 0 spiro atoms. The van der Waals surface area contributed by atoms with Crippen molar-refractivity contribution in [1.82, 2.24) is 35.3 Å². The number of rotatable bonds is 9. The quantitative estimate of drug-likeness (QED) is 0.369. The molecule has 3 amide bonds. The highest BCUT2D eigenvalue weighted by Gasteiger charge is 2.31. The molecule has 2 aromatic heterocycles. The zero-order valence-corrected chi connectivity index (χ0v) is 21.4. The molecule has 0 saturated carbocycles. The van der Waals surface area contributed by atoms with E-state index in [1.165, 1.54) is 15.9 Å². The monoisotopic (exact) mass is 535 g/mol. The number of aliphatic carboxylic acids is 1. The molecule has 13 heteroatoms. The molecule has 3 heterocycles. The minimum Gasteiger partial charge on any atom is -0.481 e. The third kappa shape index (κ3) is 6.94. The van der Waals surface area contributed by atoms with Gasteiger partial charge in [0.05, 0.1) is 18.5 Å². The number of carbonyl (C=O) groups is 4. The molecule has 0 bridgehead atoms. The van der Waals surface area contributed by atoms with Crippen LogP contribution in [0.3, 0.4) is 0 Å². The van der Waals surface area contributed by atoms with Crippen molar-refractivity contribution in [3.63, 3.8) is 0 Å². The smallest absolute Gasteiger partial charge is 0.409 e. The number of benzene rings is 1. The zero-order chi connectivity index (χ0) is 27.8. The SMILES string of the molecule is CCOC(=O)N1CCN(C(=O)C(CCC(=O)O)NC(=O)c2cc(-c3cn[nH]c3)nc(-c3ccccc3)n2)CC1. The van der Waals surface area contributed by atoms with Crippen LogP contribution in [0.4, 0.5) is 4.79 Å². The van der Waals surface area contributed by atoms with E-state index < -0.39 is 29.9 Å². The molecule has 1 aliphatic heterocycles. The third-order valence-electron chi connectivity index (χ3n) is 6.15.